The molecule has 3 nitrogen and oxygen atoms in total. The Hall–Kier alpha value is -3.14. The van der Waals surface area contributed by atoms with Gasteiger partial charge >= 0.3 is 0 Å². The average molecular weight is 317 g/mol. The topological polar surface area (TPSA) is 41.6 Å². The van der Waals surface area contributed by atoms with Gasteiger partial charge in [0.2, 0.25) is 0 Å². The second-order valence-electron chi connectivity index (χ2n) is 5.77. The molecule has 0 saturated heterocycles. The zero-order valence-corrected chi connectivity index (χ0v) is 13.0. The zero-order chi connectivity index (χ0) is 16.5. The minimum Gasteiger partial charge on any atom is -0.399 e. The molecule has 1 aliphatic rings. The maximum atomic E-state index is 13.2. The van der Waals surface area contributed by atoms with Crippen molar-refractivity contribution in [1.29, 1.82) is 0 Å². The van der Waals surface area contributed by atoms with Crippen molar-refractivity contribution in [2.75, 3.05) is 10.7 Å². The predicted molar refractivity (Wildman–Crippen MR) is 95.5 cm³/mol. The normalized spacial score (nSPS) is 13.4. The molecular weight excluding hydrogens is 301 g/mol. The minimum atomic E-state index is -0.254. The average Bonchev–Trinajstić information content (AvgIpc) is 2.61. The van der Waals surface area contributed by atoms with Gasteiger partial charge in [-0.25, -0.2) is 4.39 Å². The van der Waals surface area contributed by atoms with Crippen LogP contribution < -0.4 is 10.7 Å². The van der Waals surface area contributed by atoms with Crippen LogP contribution in [0.5, 0.6) is 0 Å². The molecule has 3 aromatic carbocycles. The molecule has 0 unspecified atom stereocenters. The van der Waals surface area contributed by atoms with Crippen LogP contribution in [0.15, 0.2) is 77.9 Å². The van der Waals surface area contributed by atoms with E-state index in [0.29, 0.717) is 12.2 Å². The van der Waals surface area contributed by atoms with Gasteiger partial charge in [-0.05, 0) is 42.0 Å². The van der Waals surface area contributed by atoms with Crippen molar-refractivity contribution in [2.24, 2.45) is 5.10 Å². The van der Waals surface area contributed by atoms with Gasteiger partial charge in [-0.1, -0.05) is 36.4 Å². The summed E-state index contributed by atoms with van der Waals surface area (Å²) < 4.78 is 13.2. The Kier molecular flexibility index (Phi) is 3.50. The van der Waals surface area contributed by atoms with E-state index >= 15 is 0 Å². The lowest BCUT2D eigenvalue weighted by Gasteiger charge is -2.27. The SMILES string of the molecule is Nc1cccc(C2=NN(c3ccc(F)cc3)Cc3ccccc32)c1. The quantitative estimate of drug-likeness (QED) is 0.720. The molecule has 0 radical (unpaired) electrons. The number of benzene rings is 3. The van der Waals surface area contributed by atoms with Gasteiger partial charge in [0.15, 0.2) is 0 Å². The van der Waals surface area contributed by atoms with Crippen LogP contribution in [0, 0.1) is 5.82 Å². The lowest BCUT2D eigenvalue weighted by molar-refractivity contribution is 0.627. The fourth-order valence-corrected chi connectivity index (χ4v) is 2.92. The number of hydrogen-bond donors (Lipinski definition) is 1. The molecule has 1 aliphatic heterocycles. The predicted octanol–water partition coefficient (Wildman–Crippen LogP) is 4.18. The fraction of sp³-hybridized carbons (Fsp3) is 0.0500. The Morgan fingerprint density at radius 2 is 1.71 bits per heavy atom. The van der Waals surface area contributed by atoms with Crippen LogP contribution in [0.3, 0.4) is 0 Å². The summed E-state index contributed by atoms with van der Waals surface area (Å²) in [5.41, 5.74) is 11.6. The van der Waals surface area contributed by atoms with Crippen LogP contribution in [0.1, 0.15) is 16.7 Å². The molecule has 0 aromatic heterocycles. The molecule has 0 amide bonds. The smallest absolute Gasteiger partial charge is 0.123 e. The summed E-state index contributed by atoms with van der Waals surface area (Å²) in [4.78, 5) is 0. The maximum Gasteiger partial charge on any atom is 0.123 e. The third-order valence-electron chi connectivity index (χ3n) is 4.10. The van der Waals surface area contributed by atoms with Crippen molar-refractivity contribution in [3.8, 4) is 0 Å². The van der Waals surface area contributed by atoms with Crippen molar-refractivity contribution in [1.82, 2.24) is 0 Å². The molecule has 4 rings (SSSR count). The number of hydrazone groups is 1. The van der Waals surface area contributed by atoms with Crippen LogP contribution in [-0.4, -0.2) is 5.71 Å². The number of nitrogen functional groups attached to an aromatic ring is 1. The van der Waals surface area contributed by atoms with E-state index in [9.17, 15) is 4.39 Å². The molecule has 0 fully saturated rings. The summed E-state index contributed by atoms with van der Waals surface area (Å²) in [6, 6.07) is 22.3. The van der Waals surface area contributed by atoms with Gasteiger partial charge in [-0.3, -0.25) is 5.01 Å². The Bertz CT molecular complexity index is 916. The minimum absolute atomic E-state index is 0.254. The second-order valence-corrected chi connectivity index (χ2v) is 5.77. The Morgan fingerprint density at radius 1 is 0.917 bits per heavy atom. The first-order valence-electron chi connectivity index (χ1n) is 7.76. The van der Waals surface area contributed by atoms with Crippen LogP contribution in [0.2, 0.25) is 0 Å². The van der Waals surface area contributed by atoms with Gasteiger partial charge in [-0.2, -0.15) is 5.10 Å². The number of rotatable bonds is 2. The van der Waals surface area contributed by atoms with Crippen LogP contribution >= 0.6 is 0 Å². The molecule has 4 heteroatoms. The van der Waals surface area contributed by atoms with E-state index < -0.39 is 0 Å². The Morgan fingerprint density at radius 3 is 2.50 bits per heavy atom. The number of halogens is 1. The van der Waals surface area contributed by atoms with E-state index in [1.807, 2.05) is 41.4 Å². The highest BCUT2D eigenvalue weighted by atomic mass is 19.1. The zero-order valence-electron chi connectivity index (χ0n) is 13.0. The van der Waals surface area contributed by atoms with Gasteiger partial charge in [0, 0.05) is 16.8 Å². The molecule has 24 heavy (non-hydrogen) atoms. The van der Waals surface area contributed by atoms with Crippen LogP contribution in [0.4, 0.5) is 15.8 Å². The molecule has 3 aromatic rings. The standard InChI is InChI=1S/C20H16FN3/c21-16-8-10-18(11-9-16)24-13-15-4-1-2-7-19(15)20(23-24)14-5-3-6-17(22)12-14/h1-12H,13,22H2. The highest BCUT2D eigenvalue weighted by Crippen LogP contribution is 2.27. The van der Waals surface area contributed by atoms with Crippen molar-refractivity contribution < 1.29 is 4.39 Å². The summed E-state index contributed by atoms with van der Waals surface area (Å²) in [7, 11) is 0. The van der Waals surface area contributed by atoms with Crippen molar-refractivity contribution >= 4 is 17.1 Å². The summed E-state index contributed by atoms with van der Waals surface area (Å²) in [6.07, 6.45) is 0. The third kappa shape index (κ3) is 2.63. The van der Waals surface area contributed by atoms with E-state index in [0.717, 1.165) is 22.5 Å². The number of anilines is 2. The summed E-state index contributed by atoms with van der Waals surface area (Å²) in [5.74, 6) is -0.254. The van der Waals surface area contributed by atoms with E-state index in [2.05, 4.69) is 12.1 Å². The molecule has 118 valence electrons. The lowest BCUT2D eigenvalue weighted by atomic mass is 9.96. The monoisotopic (exact) mass is 317 g/mol. The van der Waals surface area contributed by atoms with Gasteiger partial charge in [0.05, 0.1) is 17.9 Å². The highest BCUT2D eigenvalue weighted by molar-refractivity contribution is 6.15. The molecule has 0 bridgehead atoms. The van der Waals surface area contributed by atoms with Gasteiger partial charge < -0.3 is 5.73 Å². The van der Waals surface area contributed by atoms with Crippen molar-refractivity contribution in [2.45, 2.75) is 6.54 Å². The first kappa shape index (κ1) is 14.5. The van der Waals surface area contributed by atoms with E-state index in [4.69, 9.17) is 10.8 Å². The van der Waals surface area contributed by atoms with E-state index in [1.54, 1.807) is 12.1 Å². The largest absolute Gasteiger partial charge is 0.399 e. The van der Waals surface area contributed by atoms with Gasteiger partial charge in [0.1, 0.15) is 5.82 Å². The molecule has 1 heterocycles. The molecule has 0 aliphatic carbocycles. The molecule has 0 saturated carbocycles. The number of nitrogens with zero attached hydrogens (tertiary/aromatic N) is 2. The molecule has 0 spiro atoms. The van der Waals surface area contributed by atoms with Crippen molar-refractivity contribution in [3.05, 3.63) is 95.3 Å². The maximum absolute atomic E-state index is 13.2. The fourth-order valence-electron chi connectivity index (χ4n) is 2.92. The Labute approximate surface area is 139 Å². The van der Waals surface area contributed by atoms with Gasteiger partial charge in [-0.15, -0.1) is 0 Å². The highest BCUT2D eigenvalue weighted by Gasteiger charge is 2.21. The van der Waals surface area contributed by atoms with E-state index in [1.165, 1.54) is 17.7 Å². The van der Waals surface area contributed by atoms with Gasteiger partial charge in [0.25, 0.3) is 0 Å². The van der Waals surface area contributed by atoms with E-state index in [-0.39, 0.29) is 5.82 Å². The third-order valence-corrected chi connectivity index (χ3v) is 4.10. The Balaban J connectivity index is 1.85. The lowest BCUT2D eigenvalue weighted by Crippen LogP contribution is -2.26. The molecule has 0 atom stereocenters. The summed E-state index contributed by atoms with van der Waals surface area (Å²) in [5, 5.41) is 6.70. The first-order valence-corrected chi connectivity index (χ1v) is 7.76. The number of hydrogen-bond acceptors (Lipinski definition) is 3. The van der Waals surface area contributed by atoms with Crippen LogP contribution in [-0.2, 0) is 6.54 Å². The molecular formula is C20H16FN3. The number of fused-ring (bicyclic) bond motifs is 1. The first-order chi connectivity index (χ1) is 11.7. The van der Waals surface area contributed by atoms with Crippen molar-refractivity contribution in [3.63, 3.8) is 0 Å². The molecule has 2 N–H and O–H groups in total. The number of nitrogens with two attached hydrogens (primary N) is 1. The second kappa shape index (κ2) is 5.81. The summed E-state index contributed by atoms with van der Waals surface area (Å²) >= 11 is 0. The van der Waals surface area contributed by atoms with Crippen LogP contribution in [0.25, 0.3) is 0 Å². The summed E-state index contributed by atoms with van der Waals surface area (Å²) in [6.45, 7) is 0.646.